The van der Waals surface area contributed by atoms with Crippen molar-refractivity contribution in [2.24, 2.45) is 0 Å². The van der Waals surface area contributed by atoms with Gasteiger partial charge < -0.3 is 9.47 Å². The molecule has 0 aliphatic carbocycles. The van der Waals surface area contributed by atoms with Crippen LogP contribution in [0.2, 0.25) is 0 Å². The van der Waals surface area contributed by atoms with Crippen LogP contribution in [-0.4, -0.2) is 32.4 Å². The summed E-state index contributed by atoms with van der Waals surface area (Å²) in [5, 5.41) is 0. The van der Waals surface area contributed by atoms with Gasteiger partial charge >= 0.3 is 6.03 Å². The van der Waals surface area contributed by atoms with Gasteiger partial charge in [-0.3, -0.25) is 4.79 Å². The third-order valence-corrected chi connectivity index (χ3v) is 5.34. The minimum atomic E-state index is -0.524. The Morgan fingerprint density at radius 1 is 1.04 bits per heavy atom. The second-order valence-electron chi connectivity index (χ2n) is 7.03. The lowest BCUT2D eigenvalue weighted by Crippen LogP contribution is -2.40. The average Bonchev–Trinajstić information content (AvgIpc) is 3.21. The van der Waals surface area contributed by atoms with Crippen molar-refractivity contribution in [3.8, 4) is 0 Å². The van der Waals surface area contributed by atoms with Gasteiger partial charge in [-0.25, -0.2) is 19.1 Å². The lowest BCUT2D eigenvalue weighted by atomic mass is 10.0. The molecule has 1 saturated heterocycles. The van der Waals surface area contributed by atoms with Crippen molar-refractivity contribution < 1.29 is 14.0 Å². The third kappa shape index (κ3) is 2.58. The molecule has 0 spiro atoms. The molecular formula is C21H17FN4O2. The first-order valence-electron chi connectivity index (χ1n) is 9.09. The van der Waals surface area contributed by atoms with Crippen LogP contribution in [0.25, 0.3) is 0 Å². The number of hydrogen-bond acceptors (Lipinski definition) is 3. The Morgan fingerprint density at radius 2 is 1.79 bits per heavy atom. The predicted octanol–water partition coefficient (Wildman–Crippen LogP) is 2.96. The topological polar surface area (TPSA) is 58.4 Å². The van der Waals surface area contributed by atoms with Crippen LogP contribution in [0.15, 0.2) is 60.9 Å². The zero-order valence-electron chi connectivity index (χ0n) is 15.0. The maximum Gasteiger partial charge on any atom is 0.332 e. The van der Waals surface area contributed by atoms with Gasteiger partial charge in [0, 0.05) is 18.7 Å². The van der Waals surface area contributed by atoms with Crippen molar-refractivity contribution in [1.29, 1.82) is 0 Å². The summed E-state index contributed by atoms with van der Waals surface area (Å²) in [7, 11) is 0. The number of fused-ring (bicyclic) bond motifs is 2. The molecule has 2 aliphatic rings. The van der Waals surface area contributed by atoms with E-state index in [2.05, 4.69) is 4.98 Å². The Labute approximate surface area is 160 Å². The van der Waals surface area contributed by atoms with Gasteiger partial charge in [0.05, 0.1) is 24.3 Å². The average molecular weight is 376 g/mol. The van der Waals surface area contributed by atoms with Crippen molar-refractivity contribution >= 4 is 17.6 Å². The van der Waals surface area contributed by atoms with Crippen LogP contribution < -0.4 is 4.90 Å². The second-order valence-corrected chi connectivity index (χ2v) is 7.03. The molecule has 28 heavy (non-hydrogen) atoms. The lowest BCUT2D eigenvalue weighted by Gasteiger charge is -2.27. The Morgan fingerprint density at radius 3 is 2.54 bits per heavy atom. The van der Waals surface area contributed by atoms with Gasteiger partial charge in [0.1, 0.15) is 11.9 Å². The van der Waals surface area contributed by atoms with Crippen molar-refractivity contribution in [3.63, 3.8) is 0 Å². The highest BCUT2D eigenvalue weighted by Gasteiger charge is 2.48. The summed E-state index contributed by atoms with van der Waals surface area (Å²) in [5.74, 6) is -0.487. The van der Waals surface area contributed by atoms with Gasteiger partial charge in [0.25, 0.3) is 5.91 Å². The highest BCUT2D eigenvalue weighted by Crippen LogP contribution is 2.32. The molecule has 3 amide bonds. The lowest BCUT2D eigenvalue weighted by molar-refractivity contribution is -0.120. The van der Waals surface area contributed by atoms with E-state index in [0.717, 1.165) is 17.0 Å². The van der Waals surface area contributed by atoms with Crippen LogP contribution in [0.1, 0.15) is 17.0 Å². The van der Waals surface area contributed by atoms with E-state index in [1.54, 1.807) is 47.6 Å². The molecule has 1 atom stereocenters. The van der Waals surface area contributed by atoms with E-state index in [1.165, 1.54) is 17.0 Å². The number of imidazole rings is 1. The van der Waals surface area contributed by atoms with Crippen molar-refractivity contribution in [2.45, 2.75) is 25.6 Å². The minimum absolute atomic E-state index is 0.212. The van der Waals surface area contributed by atoms with Crippen molar-refractivity contribution in [1.82, 2.24) is 14.5 Å². The first kappa shape index (κ1) is 16.7. The number of imide groups is 1. The highest BCUT2D eigenvalue weighted by atomic mass is 19.1. The maximum absolute atomic E-state index is 13.1. The summed E-state index contributed by atoms with van der Waals surface area (Å²) < 4.78 is 15.1. The zero-order chi connectivity index (χ0) is 19.3. The number of halogens is 1. The van der Waals surface area contributed by atoms with E-state index in [0.29, 0.717) is 25.2 Å². The molecule has 0 bridgehead atoms. The summed E-state index contributed by atoms with van der Waals surface area (Å²) in [6, 6.07) is 14.5. The highest BCUT2D eigenvalue weighted by molar-refractivity contribution is 6.21. The van der Waals surface area contributed by atoms with Crippen LogP contribution in [0, 0.1) is 5.82 Å². The standard InChI is InChI=1S/C21H17FN4O2/c22-15-8-6-14(7-9-15)11-24-13-23-17-12-25-19(10-18(17)24)20(27)26(21(25)28)16-4-2-1-3-5-16/h1-9,13,19H,10-12H2. The number of rotatable bonds is 3. The molecule has 1 aromatic heterocycles. The molecule has 0 radical (unpaired) electrons. The second kappa shape index (κ2) is 6.30. The zero-order valence-corrected chi connectivity index (χ0v) is 15.0. The van der Waals surface area contributed by atoms with Gasteiger partial charge in [-0.15, -0.1) is 0 Å². The molecule has 3 heterocycles. The third-order valence-electron chi connectivity index (χ3n) is 5.34. The van der Waals surface area contributed by atoms with Crippen LogP contribution in [-0.2, 0) is 24.3 Å². The molecule has 2 aromatic carbocycles. The number of carbonyl (C=O) groups is 2. The summed E-state index contributed by atoms with van der Waals surface area (Å²) in [5.41, 5.74) is 3.28. The van der Waals surface area contributed by atoms with Gasteiger partial charge in [0.15, 0.2) is 0 Å². The van der Waals surface area contributed by atoms with Gasteiger partial charge in [-0.05, 0) is 29.8 Å². The quantitative estimate of drug-likeness (QED) is 0.661. The molecule has 6 nitrogen and oxygen atoms in total. The first-order chi connectivity index (χ1) is 13.6. The molecule has 2 aliphatic heterocycles. The number of urea groups is 1. The van der Waals surface area contributed by atoms with E-state index >= 15 is 0 Å². The Bertz CT molecular complexity index is 1060. The fourth-order valence-corrected chi connectivity index (χ4v) is 3.91. The van der Waals surface area contributed by atoms with Crippen LogP contribution in [0.5, 0.6) is 0 Å². The molecule has 140 valence electrons. The summed E-state index contributed by atoms with van der Waals surface area (Å²) >= 11 is 0. The largest absolute Gasteiger partial charge is 0.332 e. The smallest absolute Gasteiger partial charge is 0.330 e. The monoisotopic (exact) mass is 376 g/mol. The van der Waals surface area contributed by atoms with Gasteiger partial charge in [-0.1, -0.05) is 30.3 Å². The van der Waals surface area contributed by atoms with Crippen molar-refractivity contribution in [3.05, 3.63) is 83.7 Å². The summed E-state index contributed by atoms with van der Waals surface area (Å²) in [4.78, 5) is 33.1. The van der Waals surface area contributed by atoms with Crippen LogP contribution in [0.4, 0.5) is 14.9 Å². The molecule has 1 unspecified atom stereocenters. The first-order valence-corrected chi connectivity index (χ1v) is 9.09. The number of para-hydroxylation sites is 1. The van der Waals surface area contributed by atoms with E-state index in [-0.39, 0.29) is 17.8 Å². The maximum atomic E-state index is 13.1. The molecule has 0 saturated carbocycles. The SMILES string of the molecule is O=C1C2Cc3c(ncn3Cc3ccc(F)cc3)CN2C(=O)N1c1ccccc1. The number of benzene rings is 2. The molecular weight excluding hydrogens is 359 g/mol. The molecule has 0 N–H and O–H groups in total. The number of aromatic nitrogens is 2. The minimum Gasteiger partial charge on any atom is -0.330 e. The summed E-state index contributed by atoms with van der Waals surface area (Å²) in [6.45, 7) is 0.851. The predicted molar refractivity (Wildman–Crippen MR) is 100 cm³/mol. The van der Waals surface area contributed by atoms with E-state index < -0.39 is 6.04 Å². The fraction of sp³-hybridized carbons (Fsp3) is 0.190. The number of nitrogens with zero attached hydrogens (tertiary/aromatic N) is 4. The van der Waals surface area contributed by atoms with Crippen molar-refractivity contribution in [2.75, 3.05) is 4.90 Å². The van der Waals surface area contributed by atoms with E-state index in [4.69, 9.17) is 0 Å². The van der Waals surface area contributed by atoms with Crippen LogP contribution in [0.3, 0.4) is 0 Å². The molecule has 1 fully saturated rings. The van der Waals surface area contributed by atoms with E-state index in [9.17, 15) is 14.0 Å². The fourth-order valence-electron chi connectivity index (χ4n) is 3.91. The molecule has 7 heteroatoms. The molecule has 5 rings (SSSR count). The Balaban J connectivity index is 1.43. The number of amides is 3. The van der Waals surface area contributed by atoms with Gasteiger partial charge in [-0.2, -0.15) is 0 Å². The number of carbonyl (C=O) groups excluding carboxylic acids is 2. The molecule has 3 aromatic rings. The summed E-state index contributed by atoms with van der Waals surface area (Å²) in [6.07, 6.45) is 2.14. The Hall–Kier alpha value is -3.48. The normalized spacial score (nSPS) is 18.4. The Kier molecular flexibility index (Phi) is 3.75. The van der Waals surface area contributed by atoms with E-state index in [1.807, 2.05) is 10.6 Å². The van der Waals surface area contributed by atoms with Crippen LogP contribution >= 0.6 is 0 Å². The number of anilines is 1. The number of hydrogen-bond donors (Lipinski definition) is 0. The van der Waals surface area contributed by atoms with Gasteiger partial charge in [0.2, 0.25) is 0 Å².